The zero-order valence-corrected chi connectivity index (χ0v) is 10.7. The van der Waals surface area contributed by atoms with Gasteiger partial charge in [0.05, 0.1) is 0 Å². The number of rotatable bonds is 3. The lowest BCUT2D eigenvalue weighted by Crippen LogP contribution is -2.53. The fourth-order valence-electron chi connectivity index (χ4n) is 1.94. The van der Waals surface area contributed by atoms with Crippen molar-refractivity contribution in [2.45, 2.75) is 18.8 Å². The van der Waals surface area contributed by atoms with E-state index in [0.29, 0.717) is 0 Å². The van der Waals surface area contributed by atoms with E-state index in [1.54, 1.807) is 0 Å². The topological polar surface area (TPSA) is 66.9 Å². The summed E-state index contributed by atoms with van der Waals surface area (Å²) in [6, 6.07) is 0. The summed E-state index contributed by atoms with van der Waals surface area (Å²) < 4.78 is 43.5. The third-order valence-electron chi connectivity index (χ3n) is 2.28. The molecule has 0 aliphatic heterocycles. The number of halogens is 4. The van der Waals surface area contributed by atoms with Gasteiger partial charge in [-0.1, -0.05) is 0 Å². The van der Waals surface area contributed by atoms with E-state index in [2.05, 4.69) is 0 Å². The Morgan fingerprint density at radius 3 is 2.00 bits per heavy atom. The highest BCUT2D eigenvalue weighted by Gasteiger charge is 2.56. The molecule has 3 nitrogen and oxygen atoms in total. The largest absolute Gasteiger partial charge is 0.330 e. The van der Waals surface area contributed by atoms with Gasteiger partial charge in [-0.15, -0.1) is 24.8 Å². The van der Waals surface area contributed by atoms with Gasteiger partial charge in [-0.05, 0) is 6.54 Å². The summed E-state index contributed by atoms with van der Waals surface area (Å²) in [6.07, 6.45) is 0.626. The van der Waals surface area contributed by atoms with Crippen LogP contribution in [0.15, 0.2) is 0 Å². The smallest absolute Gasteiger partial charge is 0.249 e. The van der Waals surface area contributed by atoms with E-state index >= 15 is 0 Å². The molecule has 1 fully saturated rings. The lowest BCUT2D eigenvalue weighted by atomic mass is 9.67. The van der Waals surface area contributed by atoms with Crippen molar-refractivity contribution in [1.29, 1.82) is 4.78 Å². The molecule has 1 saturated carbocycles. The second-order valence-corrected chi connectivity index (χ2v) is 6.36. The van der Waals surface area contributed by atoms with Gasteiger partial charge in [0.2, 0.25) is 5.92 Å². The highest BCUT2D eigenvalue weighted by molar-refractivity contribution is 7.91. The van der Waals surface area contributed by atoms with Gasteiger partial charge in [-0.2, -0.15) is 0 Å². The summed E-state index contributed by atoms with van der Waals surface area (Å²) in [4.78, 5) is 0. The van der Waals surface area contributed by atoms with Crippen LogP contribution in [0.4, 0.5) is 8.78 Å². The molecule has 0 spiro atoms. The van der Waals surface area contributed by atoms with Gasteiger partial charge in [0.25, 0.3) is 0 Å². The molecule has 94 valence electrons. The van der Waals surface area contributed by atoms with Crippen molar-refractivity contribution >= 4 is 34.5 Å². The molecule has 0 aromatic heterocycles. The lowest BCUT2D eigenvalue weighted by Gasteiger charge is -2.46. The molecule has 0 radical (unpaired) electrons. The maximum atomic E-state index is 12.6. The molecular formula is C7H16Cl2F2N2OS. The van der Waals surface area contributed by atoms with E-state index in [9.17, 15) is 13.0 Å². The lowest BCUT2D eigenvalue weighted by molar-refractivity contribution is -0.147. The van der Waals surface area contributed by atoms with Crippen LogP contribution in [0, 0.1) is 10.2 Å². The maximum absolute atomic E-state index is 12.6. The molecule has 15 heavy (non-hydrogen) atoms. The standard InChI is InChI=1S/C7H14F2N2OS.2ClH/c1-13(11,12)5-6(4-10)2-7(8,9)3-6;;/h11H,2-5,10H2,1H3;2*1H. The van der Waals surface area contributed by atoms with Gasteiger partial charge in [0.15, 0.2) is 0 Å². The average Bonchev–Trinajstić information content (AvgIpc) is 1.79. The Labute approximate surface area is 101 Å². The number of nitrogens with one attached hydrogen (secondary N) is 1. The van der Waals surface area contributed by atoms with E-state index < -0.39 is 21.1 Å². The third-order valence-corrected chi connectivity index (χ3v) is 3.45. The normalized spacial score (nSPS) is 25.1. The molecule has 0 heterocycles. The molecule has 1 unspecified atom stereocenters. The van der Waals surface area contributed by atoms with Gasteiger partial charge >= 0.3 is 0 Å². The zero-order valence-electron chi connectivity index (χ0n) is 8.29. The molecule has 3 N–H and O–H groups in total. The highest BCUT2D eigenvalue weighted by Crippen LogP contribution is 2.51. The first kappa shape index (κ1) is 17.7. The van der Waals surface area contributed by atoms with Gasteiger partial charge in [-0.25, -0.2) is 8.78 Å². The van der Waals surface area contributed by atoms with Gasteiger partial charge < -0.3 is 5.73 Å². The van der Waals surface area contributed by atoms with Crippen LogP contribution in [0.5, 0.6) is 0 Å². The minimum atomic E-state index is -2.72. The molecule has 1 aliphatic carbocycles. The first-order valence-electron chi connectivity index (χ1n) is 3.98. The summed E-state index contributed by atoms with van der Waals surface area (Å²) >= 11 is 0. The molecule has 0 amide bonds. The second-order valence-electron chi connectivity index (χ2n) is 4.06. The summed E-state index contributed by atoms with van der Waals surface area (Å²) in [5.41, 5.74) is 4.60. The quantitative estimate of drug-likeness (QED) is 0.831. The highest BCUT2D eigenvalue weighted by atomic mass is 35.5. The van der Waals surface area contributed by atoms with E-state index in [1.165, 1.54) is 6.26 Å². The van der Waals surface area contributed by atoms with Crippen LogP contribution in [-0.4, -0.2) is 28.7 Å². The summed E-state index contributed by atoms with van der Waals surface area (Å²) in [7, 11) is -2.72. The first-order valence-corrected chi connectivity index (χ1v) is 6.11. The summed E-state index contributed by atoms with van der Waals surface area (Å²) in [5, 5.41) is 0. The van der Waals surface area contributed by atoms with Crippen molar-refractivity contribution in [3.05, 3.63) is 0 Å². The monoisotopic (exact) mass is 284 g/mol. The molecule has 1 atom stereocenters. The van der Waals surface area contributed by atoms with Crippen LogP contribution in [0.25, 0.3) is 0 Å². The average molecular weight is 285 g/mol. The Balaban J connectivity index is 0. The molecule has 1 aliphatic rings. The van der Waals surface area contributed by atoms with E-state index in [-0.39, 0.29) is 50.0 Å². The van der Waals surface area contributed by atoms with Gasteiger partial charge in [0, 0.05) is 40.0 Å². The summed E-state index contributed by atoms with van der Waals surface area (Å²) in [6.45, 7) is 0.0896. The number of hydrogen-bond donors (Lipinski definition) is 2. The minimum absolute atomic E-state index is 0. The molecule has 1 rings (SSSR count). The Hall–Kier alpha value is 0.350. The summed E-state index contributed by atoms with van der Waals surface area (Å²) in [5.74, 6) is -2.67. The van der Waals surface area contributed by atoms with Crippen molar-refractivity contribution < 1.29 is 13.0 Å². The van der Waals surface area contributed by atoms with E-state index in [0.717, 1.165) is 0 Å². The predicted octanol–water partition coefficient (Wildman–Crippen LogP) is 1.88. The van der Waals surface area contributed by atoms with E-state index in [4.69, 9.17) is 10.5 Å². The van der Waals surface area contributed by atoms with Crippen molar-refractivity contribution in [3.63, 3.8) is 0 Å². The molecule has 0 bridgehead atoms. The van der Waals surface area contributed by atoms with Crippen LogP contribution in [0.3, 0.4) is 0 Å². The first-order chi connectivity index (χ1) is 5.68. The third kappa shape index (κ3) is 4.80. The molecule has 0 aromatic rings. The van der Waals surface area contributed by atoms with Crippen molar-refractivity contribution in [2.24, 2.45) is 11.1 Å². The number of hydrogen-bond acceptors (Lipinski definition) is 3. The molecule has 0 aromatic carbocycles. The van der Waals surface area contributed by atoms with Crippen LogP contribution in [-0.2, 0) is 9.73 Å². The Bertz CT molecular complexity index is 300. The van der Waals surface area contributed by atoms with Crippen LogP contribution in [0.1, 0.15) is 12.8 Å². The fourth-order valence-corrected chi connectivity index (χ4v) is 3.43. The van der Waals surface area contributed by atoms with Crippen LogP contribution >= 0.6 is 24.8 Å². The molecular weight excluding hydrogens is 269 g/mol. The van der Waals surface area contributed by atoms with Crippen molar-refractivity contribution in [3.8, 4) is 0 Å². The van der Waals surface area contributed by atoms with Gasteiger partial charge in [0.1, 0.15) is 0 Å². The van der Waals surface area contributed by atoms with Crippen molar-refractivity contribution in [2.75, 3.05) is 18.6 Å². The van der Waals surface area contributed by atoms with E-state index in [1.807, 2.05) is 0 Å². The Morgan fingerprint density at radius 1 is 1.40 bits per heavy atom. The number of alkyl halides is 2. The minimum Gasteiger partial charge on any atom is -0.330 e. The van der Waals surface area contributed by atoms with Crippen LogP contribution < -0.4 is 5.73 Å². The van der Waals surface area contributed by atoms with Crippen molar-refractivity contribution in [1.82, 2.24) is 0 Å². The fraction of sp³-hybridized carbons (Fsp3) is 1.00. The zero-order chi connectivity index (χ0) is 10.3. The molecule has 8 heteroatoms. The molecule has 0 saturated heterocycles. The Morgan fingerprint density at radius 2 is 1.80 bits per heavy atom. The predicted molar refractivity (Wildman–Crippen MR) is 61.8 cm³/mol. The number of nitrogens with two attached hydrogens (primary N) is 1. The Kier molecular flexibility index (Phi) is 6.05. The van der Waals surface area contributed by atoms with Crippen LogP contribution in [0.2, 0.25) is 0 Å². The second kappa shape index (κ2) is 5.12. The maximum Gasteiger partial charge on any atom is 0.249 e. The SMILES string of the molecule is CS(=N)(=O)CC1(CN)CC(F)(F)C1.Cl.Cl. The van der Waals surface area contributed by atoms with Gasteiger partial charge in [-0.3, -0.25) is 8.99 Å².